The van der Waals surface area contributed by atoms with Crippen LogP contribution in [0.15, 0.2) is 24.3 Å². The van der Waals surface area contributed by atoms with Crippen molar-refractivity contribution in [3.05, 3.63) is 24.3 Å². The molecule has 0 unspecified atom stereocenters. The van der Waals surface area contributed by atoms with Crippen molar-refractivity contribution in [1.82, 2.24) is 0 Å². The lowest BCUT2D eigenvalue weighted by atomic mass is 10.2. The Morgan fingerprint density at radius 1 is 1.07 bits per heavy atom. The zero-order chi connectivity index (χ0) is 12.4. The molecule has 0 radical (unpaired) electrons. The number of ether oxygens (including phenoxy) is 2. The molecule has 0 N–H and O–H groups in total. The summed E-state index contributed by atoms with van der Waals surface area (Å²) >= 11 is 0. The fraction of sp³-hybridized carbons (Fsp3) is 0.455. The molecular formula is C11H18O4. The van der Waals surface area contributed by atoms with E-state index in [1.54, 1.807) is 6.92 Å². The first kappa shape index (κ1) is 15.9. The third kappa shape index (κ3) is 8.74. The number of carbonyl (C=O) groups excluding carboxylic acids is 2. The number of hydrogen-bond donors (Lipinski definition) is 0. The van der Waals surface area contributed by atoms with E-state index in [1.165, 1.54) is 14.2 Å². The second-order valence-corrected chi connectivity index (χ2v) is 2.72. The quantitative estimate of drug-likeness (QED) is 0.531. The van der Waals surface area contributed by atoms with Gasteiger partial charge in [0.25, 0.3) is 0 Å². The number of rotatable bonds is 3. The largest absolute Gasteiger partial charge is 0.466 e. The van der Waals surface area contributed by atoms with Crippen LogP contribution in [0.25, 0.3) is 0 Å². The first-order chi connectivity index (χ1) is 6.90. The number of methoxy groups -OCH3 is 2. The molecule has 0 heterocycles. The van der Waals surface area contributed by atoms with Crippen molar-refractivity contribution in [3.63, 3.8) is 0 Å². The van der Waals surface area contributed by atoms with Gasteiger partial charge in [0, 0.05) is 11.1 Å². The lowest BCUT2D eigenvalue weighted by molar-refractivity contribution is -0.136. The van der Waals surface area contributed by atoms with Crippen molar-refractivity contribution < 1.29 is 19.1 Å². The average molecular weight is 214 g/mol. The summed E-state index contributed by atoms with van der Waals surface area (Å²) in [6, 6.07) is 0. The van der Waals surface area contributed by atoms with Crippen LogP contribution in [-0.2, 0) is 19.1 Å². The smallest absolute Gasteiger partial charge is 0.333 e. The van der Waals surface area contributed by atoms with Gasteiger partial charge >= 0.3 is 11.9 Å². The third-order valence-corrected chi connectivity index (χ3v) is 1.43. The molecule has 0 bridgehead atoms. The summed E-state index contributed by atoms with van der Waals surface area (Å²) in [5, 5.41) is 0. The van der Waals surface area contributed by atoms with E-state index in [2.05, 4.69) is 22.6 Å². The standard InChI is InChI=1S/C6H10O2.C5H8O2/c1-4-5(2)6(7)8-3;1-4(2)5(6)7-3/h2,4H2,1,3H3;1H2,2-3H3. The highest BCUT2D eigenvalue weighted by Gasteiger charge is 2.00. The van der Waals surface area contributed by atoms with Gasteiger partial charge in [-0.15, -0.1) is 0 Å². The van der Waals surface area contributed by atoms with Gasteiger partial charge in [0.05, 0.1) is 14.2 Å². The maximum Gasteiger partial charge on any atom is 0.333 e. The van der Waals surface area contributed by atoms with E-state index in [0.717, 1.165) is 0 Å². The van der Waals surface area contributed by atoms with Crippen LogP contribution in [0.4, 0.5) is 0 Å². The van der Waals surface area contributed by atoms with Crippen LogP contribution < -0.4 is 0 Å². The summed E-state index contributed by atoms with van der Waals surface area (Å²) in [7, 11) is 2.68. The van der Waals surface area contributed by atoms with Crippen LogP contribution in [0.1, 0.15) is 20.3 Å². The first-order valence-corrected chi connectivity index (χ1v) is 4.40. The molecular weight excluding hydrogens is 196 g/mol. The van der Waals surface area contributed by atoms with Crippen molar-refractivity contribution in [2.24, 2.45) is 0 Å². The summed E-state index contributed by atoms with van der Waals surface area (Å²) < 4.78 is 8.64. The Labute approximate surface area is 90.6 Å². The molecule has 4 nitrogen and oxygen atoms in total. The maximum atomic E-state index is 10.4. The third-order valence-electron chi connectivity index (χ3n) is 1.43. The minimum atomic E-state index is -0.347. The van der Waals surface area contributed by atoms with Crippen molar-refractivity contribution in [1.29, 1.82) is 0 Å². The molecule has 0 aromatic rings. The molecule has 0 saturated carbocycles. The molecule has 0 amide bonds. The fourth-order valence-corrected chi connectivity index (χ4v) is 0.463. The van der Waals surface area contributed by atoms with Gasteiger partial charge < -0.3 is 9.47 Å². The molecule has 0 aliphatic carbocycles. The Hall–Kier alpha value is -1.58. The van der Waals surface area contributed by atoms with Gasteiger partial charge in [-0.2, -0.15) is 0 Å². The highest BCUT2D eigenvalue weighted by molar-refractivity contribution is 5.87. The number of esters is 2. The van der Waals surface area contributed by atoms with Gasteiger partial charge in [-0.3, -0.25) is 0 Å². The molecule has 0 aromatic heterocycles. The Balaban J connectivity index is 0. The van der Waals surface area contributed by atoms with Crippen LogP contribution in [-0.4, -0.2) is 26.2 Å². The monoisotopic (exact) mass is 214 g/mol. The Kier molecular flexibility index (Phi) is 9.52. The van der Waals surface area contributed by atoms with Crippen molar-refractivity contribution in [2.45, 2.75) is 20.3 Å². The van der Waals surface area contributed by atoms with E-state index in [9.17, 15) is 9.59 Å². The molecule has 4 heteroatoms. The Morgan fingerprint density at radius 2 is 1.47 bits per heavy atom. The van der Waals surface area contributed by atoms with Gasteiger partial charge in [-0.25, -0.2) is 9.59 Å². The SMILES string of the molecule is C=C(C)C(=O)OC.C=C(CC)C(=O)OC. The second kappa shape index (κ2) is 8.99. The van der Waals surface area contributed by atoms with Crippen LogP contribution in [0.5, 0.6) is 0 Å². The van der Waals surface area contributed by atoms with Crippen LogP contribution in [0.2, 0.25) is 0 Å². The Morgan fingerprint density at radius 3 is 1.53 bits per heavy atom. The molecule has 0 aliphatic rings. The van der Waals surface area contributed by atoms with E-state index in [4.69, 9.17) is 0 Å². The van der Waals surface area contributed by atoms with Crippen LogP contribution >= 0.6 is 0 Å². The molecule has 0 fully saturated rings. The van der Waals surface area contributed by atoms with Crippen LogP contribution in [0, 0.1) is 0 Å². The molecule has 0 rings (SSSR count). The minimum absolute atomic E-state index is 0.312. The van der Waals surface area contributed by atoms with Gasteiger partial charge in [0.15, 0.2) is 0 Å². The van der Waals surface area contributed by atoms with E-state index in [1.807, 2.05) is 6.92 Å². The molecule has 0 aromatic carbocycles. The van der Waals surface area contributed by atoms with Crippen molar-refractivity contribution >= 4 is 11.9 Å². The zero-order valence-corrected chi connectivity index (χ0v) is 9.75. The lowest BCUT2D eigenvalue weighted by Gasteiger charge is -1.95. The van der Waals surface area contributed by atoms with E-state index in [0.29, 0.717) is 17.6 Å². The maximum absolute atomic E-state index is 10.4. The molecule has 15 heavy (non-hydrogen) atoms. The predicted molar refractivity (Wildman–Crippen MR) is 58.3 cm³/mol. The van der Waals surface area contributed by atoms with Crippen LogP contribution in [0.3, 0.4) is 0 Å². The minimum Gasteiger partial charge on any atom is -0.466 e. The summed E-state index contributed by atoms with van der Waals surface area (Å²) in [5.74, 6) is -0.660. The normalized spacial score (nSPS) is 8.00. The predicted octanol–water partition coefficient (Wildman–Crippen LogP) is 1.86. The molecule has 0 aliphatic heterocycles. The summed E-state index contributed by atoms with van der Waals surface area (Å²) in [5.41, 5.74) is 0.954. The van der Waals surface area contributed by atoms with E-state index in [-0.39, 0.29) is 11.9 Å². The Bertz CT molecular complexity index is 239. The summed E-state index contributed by atoms with van der Waals surface area (Å²) in [4.78, 5) is 20.6. The molecule has 0 atom stereocenters. The second-order valence-electron chi connectivity index (χ2n) is 2.72. The topological polar surface area (TPSA) is 52.6 Å². The molecule has 0 saturated heterocycles. The number of hydrogen-bond acceptors (Lipinski definition) is 4. The van der Waals surface area contributed by atoms with E-state index < -0.39 is 0 Å². The van der Waals surface area contributed by atoms with Gasteiger partial charge in [-0.1, -0.05) is 20.1 Å². The zero-order valence-electron chi connectivity index (χ0n) is 9.75. The van der Waals surface area contributed by atoms with Gasteiger partial charge in [0.1, 0.15) is 0 Å². The summed E-state index contributed by atoms with van der Waals surface area (Å²) in [6.45, 7) is 10.3. The molecule has 86 valence electrons. The van der Waals surface area contributed by atoms with Crippen molar-refractivity contribution in [3.8, 4) is 0 Å². The van der Waals surface area contributed by atoms with Gasteiger partial charge in [-0.05, 0) is 13.3 Å². The molecule has 0 spiro atoms. The van der Waals surface area contributed by atoms with E-state index >= 15 is 0 Å². The average Bonchev–Trinajstić information content (AvgIpc) is 2.26. The fourth-order valence-electron chi connectivity index (χ4n) is 0.463. The highest BCUT2D eigenvalue weighted by Crippen LogP contribution is 1.96. The lowest BCUT2D eigenvalue weighted by Crippen LogP contribution is -2.01. The van der Waals surface area contributed by atoms with Gasteiger partial charge in [0.2, 0.25) is 0 Å². The highest BCUT2D eigenvalue weighted by atomic mass is 16.5. The summed E-state index contributed by atoms with van der Waals surface area (Å²) in [6.07, 6.45) is 0.659. The number of carbonyl (C=O) groups is 2. The van der Waals surface area contributed by atoms with Crippen molar-refractivity contribution in [2.75, 3.05) is 14.2 Å². The first-order valence-electron chi connectivity index (χ1n) is 4.40.